The first-order chi connectivity index (χ1) is 6.68. The van der Waals surface area contributed by atoms with Gasteiger partial charge >= 0.3 is 0 Å². The molecular weight excluding hydrogens is 178 g/mol. The quantitative estimate of drug-likeness (QED) is 0.676. The SMILES string of the molecule is CC(=O)c1ccc(N2CCCC2C)o1. The summed E-state index contributed by atoms with van der Waals surface area (Å²) in [7, 11) is 0. The summed E-state index contributed by atoms with van der Waals surface area (Å²) in [6.45, 7) is 4.74. The molecule has 0 saturated carbocycles. The second-order valence-electron chi connectivity index (χ2n) is 3.88. The van der Waals surface area contributed by atoms with Gasteiger partial charge in [-0.1, -0.05) is 0 Å². The van der Waals surface area contributed by atoms with Crippen molar-refractivity contribution in [3.05, 3.63) is 17.9 Å². The summed E-state index contributed by atoms with van der Waals surface area (Å²) < 4.78 is 5.48. The van der Waals surface area contributed by atoms with Crippen LogP contribution in [0, 0.1) is 0 Å². The molecule has 14 heavy (non-hydrogen) atoms. The molecule has 76 valence electrons. The lowest BCUT2D eigenvalue weighted by Crippen LogP contribution is -2.25. The van der Waals surface area contributed by atoms with Gasteiger partial charge in [-0.15, -0.1) is 0 Å². The molecule has 1 atom stereocenters. The minimum atomic E-state index is -0.0110. The predicted molar refractivity (Wildman–Crippen MR) is 54.8 cm³/mol. The van der Waals surface area contributed by atoms with Crippen molar-refractivity contribution in [2.75, 3.05) is 11.4 Å². The van der Waals surface area contributed by atoms with E-state index in [4.69, 9.17) is 4.42 Å². The Labute approximate surface area is 83.7 Å². The van der Waals surface area contributed by atoms with Crippen molar-refractivity contribution >= 4 is 11.7 Å². The van der Waals surface area contributed by atoms with Crippen molar-refractivity contribution in [1.82, 2.24) is 0 Å². The van der Waals surface area contributed by atoms with Crippen molar-refractivity contribution in [1.29, 1.82) is 0 Å². The Morgan fingerprint density at radius 2 is 2.36 bits per heavy atom. The average molecular weight is 193 g/mol. The van der Waals surface area contributed by atoms with Crippen LogP contribution in [0.4, 0.5) is 5.88 Å². The molecule has 0 amide bonds. The maximum absolute atomic E-state index is 11.0. The van der Waals surface area contributed by atoms with E-state index < -0.39 is 0 Å². The summed E-state index contributed by atoms with van der Waals surface area (Å²) in [5, 5.41) is 0. The van der Waals surface area contributed by atoms with Gasteiger partial charge in [-0.05, 0) is 25.8 Å². The molecule has 1 aromatic rings. The first-order valence-corrected chi connectivity index (χ1v) is 5.06. The van der Waals surface area contributed by atoms with Crippen LogP contribution in [0.3, 0.4) is 0 Å². The number of hydrogen-bond acceptors (Lipinski definition) is 3. The third-order valence-corrected chi connectivity index (χ3v) is 2.77. The summed E-state index contributed by atoms with van der Waals surface area (Å²) in [6, 6.07) is 4.17. The van der Waals surface area contributed by atoms with Gasteiger partial charge in [0.25, 0.3) is 0 Å². The van der Waals surface area contributed by atoms with E-state index in [2.05, 4.69) is 11.8 Å². The van der Waals surface area contributed by atoms with Crippen molar-refractivity contribution in [3.8, 4) is 0 Å². The van der Waals surface area contributed by atoms with Crippen LogP contribution in [0.5, 0.6) is 0 Å². The molecule has 0 radical (unpaired) electrons. The van der Waals surface area contributed by atoms with Gasteiger partial charge in [0.05, 0.1) is 0 Å². The van der Waals surface area contributed by atoms with Crippen LogP contribution in [0.2, 0.25) is 0 Å². The van der Waals surface area contributed by atoms with E-state index in [9.17, 15) is 4.79 Å². The minimum absolute atomic E-state index is 0.0110. The monoisotopic (exact) mass is 193 g/mol. The molecule has 1 aliphatic heterocycles. The highest BCUT2D eigenvalue weighted by atomic mass is 16.4. The molecule has 1 unspecified atom stereocenters. The van der Waals surface area contributed by atoms with E-state index in [0.717, 1.165) is 12.4 Å². The van der Waals surface area contributed by atoms with Crippen LogP contribution in [-0.4, -0.2) is 18.4 Å². The third kappa shape index (κ3) is 1.54. The van der Waals surface area contributed by atoms with Gasteiger partial charge in [0.2, 0.25) is 0 Å². The second kappa shape index (κ2) is 3.48. The van der Waals surface area contributed by atoms with Crippen LogP contribution in [0.15, 0.2) is 16.5 Å². The Balaban J connectivity index is 2.20. The molecule has 2 heterocycles. The number of carbonyl (C=O) groups excluding carboxylic acids is 1. The number of Topliss-reactive ketones (excluding diaryl/α,β-unsaturated/α-hetero) is 1. The fraction of sp³-hybridized carbons (Fsp3) is 0.545. The Morgan fingerprint density at radius 3 is 2.86 bits per heavy atom. The van der Waals surface area contributed by atoms with E-state index in [0.29, 0.717) is 11.8 Å². The van der Waals surface area contributed by atoms with Crippen molar-refractivity contribution in [2.45, 2.75) is 32.7 Å². The normalized spacial score (nSPS) is 21.6. The van der Waals surface area contributed by atoms with E-state index in [1.807, 2.05) is 6.07 Å². The molecule has 3 nitrogen and oxygen atoms in total. The zero-order chi connectivity index (χ0) is 10.1. The van der Waals surface area contributed by atoms with Crippen molar-refractivity contribution in [3.63, 3.8) is 0 Å². The molecule has 1 fully saturated rings. The molecule has 0 bridgehead atoms. The number of hydrogen-bond donors (Lipinski definition) is 0. The van der Waals surface area contributed by atoms with Gasteiger partial charge in [0, 0.05) is 25.6 Å². The van der Waals surface area contributed by atoms with Gasteiger partial charge in [0.15, 0.2) is 17.4 Å². The minimum Gasteiger partial charge on any atom is -0.437 e. The fourth-order valence-corrected chi connectivity index (χ4v) is 1.93. The number of rotatable bonds is 2. The fourth-order valence-electron chi connectivity index (χ4n) is 1.93. The smallest absolute Gasteiger partial charge is 0.196 e. The highest BCUT2D eigenvalue weighted by molar-refractivity contribution is 5.91. The van der Waals surface area contributed by atoms with Gasteiger partial charge < -0.3 is 9.32 Å². The molecule has 1 saturated heterocycles. The average Bonchev–Trinajstić information content (AvgIpc) is 2.71. The number of carbonyl (C=O) groups is 1. The molecular formula is C11H15NO2. The lowest BCUT2D eigenvalue weighted by Gasteiger charge is -2.19. The standard InChI is InChI=1S/C11H15NO2/c1-8-4-3-7-12(8)11-6-5-10(14-11)9(2)13/h5-6,8H,3-4,7H2,1-2H3. The first-order valence-electron chi connectivity index (χ1n) is 5.06. The lowest BCUT2D eigenvalue weighted by molar-refractivity contribution is 0.0987. The summed E-state index contributed by atoms with van der Waals surface area (Å²) in [5.74, 6) is 1.28. The van der Waals surface area contributed by atoms with Crippen LogP contribution in [-0.2, 0) is 0 Å². The molecule has 1 aliphatic rings. The molecule has 3 heteroatoms. The Bertz CT molecular complexity index is 343. The topological polar surface area (TPSA) is 33.5 Å². The van der Waals surface area contributed by atoms with Crippen molar-refractivity contribution < 1.29 is 9.21 Å². The zero-order valence-electron chi connectivity index (χ0n) is 8.62. The third-order valence-electron chi connectivity index (χ3n) is 2.77. The molecule has 0 aromatic carbocycles. The molecule has 0 aliphatic carbocycles. The molecule has 0 N–H and O–H groups in total. The Kier molecular flexibility index (Phi) is 2.32. The van der Waals surface area contributed by atoms with E-state index >= 15 is 0 Å². The van der Waals surface area contributed by atoms with Crippen LogP contribution >= 0.6 is 0 Å². The number of ketones is 1. The largest absolute Gasteiger partial charge is 0.437 e. The number of anilines is 1. The highest BCUT2D eigenvalue weighted by Gasteiger charge is 2.23. The summed E-state index contributed by atoms with van der Waals surface area (Å²) in [6.07, 6.45) is 2.41. The predicted octanol–water partition coefficient (Wildman–Crippen LogP) is 2.47. The van der Waals surface area contributed by atoms with Gasteiger partial charge in [-0.25, -0.2) is 0 Å². The molecule has 0 spiro atoms. The second-order valence-corrected chi connectivity index (χ2v) is 3.88. The van der Waals surface area contributed by atoms with E-state index in [1.165, 1.54) is 19.8 Å². The van der Waals surface area contributed by atoms with Gasteiger partial charge in [-0.2, -0.15) is 0 Å². The van der Waals surface area contributed by atoms with Crippen LogP contribution < -0.4 is 4.90 Å². The lowest BCUT2D eigenvalue weighted by atomic mass is 10.2. The first kappa shape index (κ1) is 9.31. The van der Waals surface area contributed by atoms with E-state index in [1.54, 1.807) is 6.07 Å². The summed E-state index contributed by atoms with van der Waals surface area (Å²) in [5.41, 5.74) is 0. The summed E-state index contributed by atoms with van der Waals surface area (Å²) in [4.78, 5) is 13.3. The highest BCUT2D eigenvalue weighted by Crippen LogP contribution is 2.27. The maximum Gasteiger partial charge on any atom is 0.196 e. The van der Waals surface area contributed by atoms with Gasteiger partial charge in [-0.3, -0.25) is 4.79 Å². The maximum atomic E-state index is 11.0. The molecule has 2 rings (SSSR count). The van der Waals surface area contributed by atoms with E-state index in [-0.39, 0.29) is 5.78 Å². The Morgan fingerprint density at radius 1 is 1.57 bits per heavy atom. The van der Waals surface area contributed by atoms with Crippen molar-refractivity contribution in [2.24, 2.45) is 0 Å². The van der Waals surface area contributed by atoms with Crippen LogP contribution in [0.1, 0.15) is 37.2 Å². The van der Waals surface area contributed by atoms with Gasteiger partial charge in [0.1, 0.15) is 0 Å². The number of nitrogens with zero attached hydrogens (tertiary/aromatic N) is 1. The zero-order valence-corrected chi connectivity index (χ0v) is 8.62. The molecule has 1 aromatic heterocycles. The number of furan rings is 1. The summed E-state index contributed by atoms with van der Waals surface area (Å²) >= 11 is 0. The Hall–Kier alpha value is -1.25. The van der Waals surface area contributed by atoms with Crippen LogP contribution in [0.25, 0.3) is 0 Å².